The van der Waals surface area contributed by atoms with Crippen LogP contribution in [-0.2, 0) is 31.5 Å². The Kier molecular flexibility index (Phi) is 542. The van der Waals surface area contributed by atoms with Gasteiger partial charge in [0.1, 0.15) is 0 Å². The third-order valence-electron chi connectivity index (χ3n) is 0.352. The molecule has 0 bridgehead atoms. The smallest absolute Gasteiger partial charge is 0 e. The van der Waals surface area contributed by atoms with Gasteiger partial charge in [-0.2, -0.15) is 26.2 Å². The molecule has 85 valence electrons. The van der Waals surface area contributed by atoms with Crippen molar-refractivity contribution in [2.24, 2.45) is 0 Å². The van der Waals surface area contributed by atoms with Crippen LogP contribution in [0.25, 0.3) is 0 Å². The zero-order chi connectivity index (χ0) is 8.12. The van der Waals surface area contributed by atoms with Gasteiger partial charge in [-0.15, -0.1) is 0 Å². The Morgan fingerprint density at radius 3 is 1.31 bits per heavy atom. The van der Waals surface area contributed by atoms with Crippen molar-refractivity contribution in [1.29, 1.82) is 0 Å². The molecule has 0 N–H and O–H groups in total. The third kappa shape index (κ3) is 234. The summed E-state index contributed by atoms with van der Waals surface area (Å²) >= 11 is 0. The van der Waals surface area contributed by atoms with Crippen LogP contribution in [0.1, 0.15) is 19.8 Å². The van der Waals surface area contributed by atoms with Gasteiger partial charge in [-0.3, -0.25) is 19.9 Å². The van der Waals surface area contributed by atoms with E-state index in [1.807, 2.05) is 6.92 Å². The molecule has 0 aromatic carbocycles. The first-order chi connectivity index (χ1) is 4.41. The molecule has 0 saturated heterocycles. The molecule has 6 heteroatoms. The van der Waals surface area contributed by atoms with Gasteiger partial charge in [0.05, 0.1) is 0 Å². The first-order valence-corrected chi connectivity index (χ1v) is 2.24. The van der Waals surface area contributed by atoms with Crippen LogP contribution in [-0.4, -0.2) is 19.9 Å². The van der Waals surface area contributed by atoms with Crippen LogP contribution in [0.2, 0.25) is 0 Å². The molecular weight excluding hydrogens is 249 g/mol. The van der Waals surface area contributed by atoms with Crippen molar-refractivity contribution in [3.63, 3.8) is 0 Å². The van der Waals surface area contributed by atoms with Crippen LogP contribution in [0, 0.1) is 7.43 Å². The zero-order valence-electron chi connectivity index (χ0n) is 8.09. The Bertz CT molecular complexity index is 57.0. The molecule has 13 heavy (non-hydrogen) atoms. The third-order valence-corrected chi connectivity index (χ3v) is 0.352. The monoisotopic (exact) mass is 267 g/mol. The summed E-state index contributed by atoms with van der Waals surface area (Å²) in [6, 6.07) is 0. The standard InChI is InChI=1S/C4H7O.2CHO.CH3.Mn.2H3P/c1-2-3-4-5;2*1-2;;;;/h2-3H2,1H3;2*1H;1H3;;2*1H3/q4*-1;;;. The van der Waals surface area contributed by atoms with E-state index in [2.05, 4.69) is 13.6 Å². The first kappa shape index (κ1) is 50.3. The van der Waals surface area contributed by atoms with Crippen LogP contribution in [0.5, 0.6) is 0 Å². The summed E-state index contributed by atoms with van der Waals surface area (Å²) < 4.78 is 0. The van der Waals surface area contributed by atoms with E-state index in [0.717, 1.165) is 6.42 Å². The molecule has 2 atom stereocenters. The van der Waals surface area contributed by atoms with Crippen molar-refractivity contribution in [1.82, 2.24) is 0 Å². The molecule has 3 nitrogen and oxygen atoms in total. The minimum Gasteiger partial charge on any atom is -0.545 e. The van der Waals surface area contributed by atoms with E-state index in [0.29, 0.717) is 6.42 Å². The molecule has 0 aromatic heterocycles. The van der Waals surface area contributed by atoms with Gasteiger partial charge in [0.25, 0.3) is 0 Å². The molecule has 0 amide bonds. The molecule has 0 aliphatic rings. The van der Waals surface area contributed by atoms with Crippen LogP contribution in [0.4, 0.5) is 0 Å². The van der Waals surface area contributed by atoms with Crippen molar-refractivity contribution in [3.05, 3.63) is 7.43 Å². The number of rotatable bonds is 2. The fraction of sp³-hybridized carbons (Fsp3) is 0.429. The fourth-order valence-corrected chi connectivity index (χ4v) is 0.102. The van der Waals surface area contributed by atoms with E-state index in [1.54, 1.807) is 6.29 Å². The summed E-state index contributed by atoms with van der Waals surface area (Å²) in [5, 5.41) is 0. The molecule has 0 aromatic rings. The normalized spacial score (nSPS) is 3.46. The summed E-state index contributed by atoms with van der Waals surface area (Å²) in [5.74, 6) is 0. The Hall–Kier alpha value is 0.389. The first-order valence-electron chi connectivity index (χ1n) is 2.24. The van der Waals surface area contributed by atoms with E-state index < -0.39 is 0 Å². The number of carbonyl (C=O) groups excluding carboxylic acids is 3. The number of hydrogen-bond donors (Lipinski definition) is 0. The predicted molar refractivity (Wildman–Crippen MR) is 62.7 cm³/mol. The molecular formula is C7H18MnO3P2-4. The van der Waals surface area contributed by atoms with Gasteiger partial charge in [-0.25, -0.2) is 0 Å². The van der Waals surface area contributed by atoms with Crippen LogP contribution < -0.4 is 0 Å². The second-order valence-corrected chi connectivity index (χ2v) is 0.894. The van der Waals surface area contributed by atoms with Crippen molar-refractivity contribution in [2.45, 2.75) is 19.8 Å². The number of unbranched alkanes of at least 4 members (excludes halogenated alkanes) is 1. The van der Waals surface area contributed by atoms with Gasteiger partial charge < -0.3 is 21.8 Å². The molecule has 0 aliphatic heterocycles. The van der Waals surface area contributed by atoms with Gasteiger partial charge >= 0.3 is 0 Å². The maximum Gasteiger partial charge on any atom is 0 e. The van der Waals surface area contributed by atoms with E-state index in [9.17, 15) is 4.79 Å². The second kappa shape index (κ2) is 140. The van der Waals surface area contributed by atoms with E-state index >= 15 is 0 Å². The maximum absolute atomic E-state index is 9.28. The van der Waals surface area contributed by atoms with E-state index in [-0.39, 0.29) is 44.3 Å². The minimum atomic E-state index is 0. The van der Waals surface area contributed by atoms with Crippen molar-refractivity contribution in [3.8, 4) is 0 Å². The van der Waals surface area contributed by atoms with E-state index in [1.165, 1.54) is 0 Å². The Morgan fingerprint density at radius 1 is 1.08 bits per heavy atom. The Labute approximate surface area is 98.5 Å². The zero-order valence-corrected chi connectivity index (χ0v) is 12.1. The minimum absolute atomic E-state index is 0. The van der Waals surface area contributed by atoms with Gasteiger partial charge in [-0.05, 0) is 0 Å². The average molecular weight is 267 g/mol. The summed E-state index contributed by atoms with van der Waals surface area (Å²) in [4.78, 5) is 24.8. The fourth-order valence-electron chi connectivity index (χ4n) is 0.102. The second-order valence-electron chi connectivity index (χ2n) is 0.894. The van der Waals surface area contributed by atoms with Crippen molar-refractivity contribution < 1.29 is 31.5 Å². The van der Waals surface area contributed by atoms with Crippen LogP contribution in [0.15, 0.2) is 0 Å². The SMILES string of the molecule is CCC[C-]=O.P.P.[CH-]=O.[CH-]=O.[CH3-].[Mn]. The van der Waals surface area contributed by atoms with Gasteiger partial charge in [0.15, 0.2) is 0 Å². The summed E-state index contributed by atoms with van der Waals surface area (Å²) in [5.41, 5.74) is 0. The van der Waals surface area contributed by atoms with Crippen LogP contribution >= 0.6 is 19.8 Å². The quantitative estimate of drug-likeness (QED) is 0.323. The van der Waals surface area contributed by atoms with Gasteiger partial charge in [-0.1, -0.05) is 13.3 Å². The maximum atomic E-state index is 9.28. The predicted octanol–water partition coefficient (Wildman–Crippen LogP) is 0.912. The molecule has 0 aliphatic carbocycles. The van der Waals surface area contributed by atoms with Crippen LogP contribution in [0.3, 0.4) is 0 Å². The van der Waals surface area contributed by atoms with E-state index in [4.69, 9.17) is 9.59 Å². The summed E-state index contributed by atoms with van der Waals surface area (Å²) in [6.45, 7) is 8.45. The Balaban J connectivity index is -0.00000000818. The molecule has 0 spiro atoms. The summed E-state index contributed by atoms with van der Waals surface area (Å²) in [7, 11) is 0. The molecule has 1 radical (unpaired) electrons. The molecule has 2 unspecified atom stereocenters. The molecule has 0 heterocycles. The van der Waals surface area contributed by atoms with Crippen molar-refractivity contribution in [2.75, 3.05) is 0 Å². The average Bonchev–Trinajstić information content (AvgIpc) is 1.98. The number of hydrogen-bond acceptors (Lipinski definition) is 3. The largest absolute Gasteiger partial charge is 0.545 e. The Morgan fingerprint density at radius 2 is 1.31 bits per heavy atom. The topological polar surface area (TPSA) is 51.2 Å². The van der Waals surface area contributed by atoms with Gasteiger partial charge in [0, 0.05) is 17.1 Å². The van der Waals surface area contributed by atoms with Crippen molar-refractivity contribution >= 4 is 39.7 Å². The summed E-state index contributed by atoms with van der Waals surface area (Å²) in [6.07, 6.45) is 3.27. The van der Waals surface area contributed by atoms with Gasteiger partial charge in [0.2, 0.25) is 0 Å². The molecule has 0 saturated carbocycles. The molecule has 0 fully saturated rings. The molecule has 0 rings (SSSR count).